The Balaban J connectivity index is 1.72. The number of hydrogen-bond donors (Lipinski definition) is 0. The molecule has 1 saturated heterocycles. The van der Waals surface area contributed by atoms with Crippen molar-refractivity contribution in [2.75, 3.05) is 20.3 Å². The van der Waals surface area contributed by atoms with E-state index in [0.717, 1.165) is 38.0 Å². The molecule has 4 heteroatoms. The third-order valence-corrected chi connectivity index (χ3v) is 6.42. The van der Waals surface area contributed by atoms with Crippen LogP contribution in [-0.4, -0.2) is 32.4 Å². The largest absolute Gasteiger partial charge is 0.497 e. The van der Waals surface area contributed by atoms with Gasteiger partial charge in [0, 0.05) is 18.3 Å². The summed E-state index contributed by atoms with van der Waals surface area (Å²) in [5, 5.41) is 0. The molecule has 134 valence electrons. The Morgan fingerprint density at radius 2 is 2.08 bits per heavy atom. The van der Waals surface area contributed by atoms with Crippen molar-refractivity contribution < 1.29 is 19.0 Å². The molecule has 0 unspecified atom stereocenters. The van der Waals surface area contributed by atoms with E-state index in [0.29, 0.717) is 12.5 Å². The summed E-state index contributed by atoms with van der Waals surface area (Å²) in [4.78, 5) is 11.5. The van der Waals surface area contributed by atoms with E-state index >= 15 is 0 Å². The van der Waals surface area contributed by atoms with Crippen LogP contribution in [0.5, 0.6) is 5.75 Å². The van der Waals surface area contributed by atoms with Crippen LogP contribution < -0.4 is 4.74 Å². The molecule has 0 N–H and O–H groups in total. The van der Waals surface area contributed by atoms with Crippen molar-refractivity contribution in [3.63, 3.8) is 0 Å². The number of rotatable bonds is 2. The third kappa shape index (κ3) is 2.67. The minimum atomic E-state index is -0.212. The average Bonchev–Trinajstić information content (AvgIpc) is 2.61. The van der Waals surface area contributed by atoms with Crippen molar-refractivity contribution in [1.29, 1.82) is 0 Å². The van der Waals surface area contributed by atoms with E-state index in [9.17, 15) is 4.79 Å². The van der Waals surface area contributed by atoms with Gasteiger partial charge < -0.3 is 14.2 Å². The molecule has 3 atom stereocenters. The van der Waals surface area contributed by atoms with E-state index in [1.165, 1.54) is 29.2 Å². The zero-order valence-corrected chi connectivity index (χ0v) is 15.3. The van der Waals surface area contributed by atoms with Gasteiger partial charge >= 0.3 is 5.97 Å². The summed E-state index contributed by atoms with van der Waals surface area (Å²) < 4.78 is 16.9. The summed E-state index contributed by atoms with van der Waals surface area (Å²) in [6.07, 6.45) is 4.03. The standard InChI is InChI=1S/C21H26O4/c1-13(22)25-20-12-24-11-19-18-6-4-14-10-15(23-3)5-7-16(14)17(18)8-9-21(19,20)2/h5,7,10,19-20H,4,6,8-9,11-12H2,1-3H3/t19-,20+,21+/m1/s1. The predicted molar refractivity (Wildman–Crippen MR) is 95.4 cm³/mol. The molecule has 0 amide bonds. The Bertz CT molecular complexity index is 735. The highest BCUT2D eigenvalue weighted by atomic mass is 16.6. The molecule has 2 aliphatic carbocycles. The van der Waals surface area contributed by atoms with Crippen LogP contribution in [0.1, 0.15) is 44.2 Å². The highest BCUT2D eigenvalue weighted by Gasteiger charge is 2.51. The summed E-state index contributed by atoms with van der Waals surface area (Å²) in [6, 6.07) is 6.44. The van der Waals surface area contributed by atoms with Gasteiger partial charge in [-0.05, 0) is 54.5 Å². The molecule has 1 aromatic carbocycles. The second-order valence-corrected chi connectivity index (χ2v) is 7.72. The lowest BCUT2D eigenvalue weighted by Gasteiger charge is -2.51. The highest BCUT2D eigenvalue weighted by molar-refractivity contribution is 5.75. The van der Waals surface area contributed by atoms with Crippen LogP contribution in [0.15, 0.2) is 23.8 Å². The maximum atomic E-state index is 11.5. The number of esters is 1. The van der Waals surface area contributed by atoms with E-state index in [1.807, 2.05) is 0 Å². The Kier molecular flexibility index (Phi) is 4.11. The Hall–Kier alpha value is -1.81. The number of benzene rings is 1. The van der Waals surface area contributed by atoms with Gasteiger partial charge in [0.25, 0.3) is 0 Å². The van der Waals surface area contributed by atoms with Crippen LogP contribution in [0.4, 0.5) is 0 Å². The fourth-order valence-electron chi connectivity index (χ4n) is 4.97. The molecule has 4 rings (SSSR count). The molecule has 0 spiro atoms. The summed E-state index contributed by atoms with van der Waals surface area (Å²) in [7, 11) is 1.72. The van der Waals surface area contributed by atoms with Crippen molar-refractivity contribution in [2.24, 2.45) is 11.3 Å². The minimum absolute atomic E-state index is 0.0211. The van der Waals surface area contributed by atoms with E-state index in [4.69, 9.17) is 14.2 Å². The molecular weight excluding hydrogens is 316 g/mol. The van der Waals surface area contributed by atoms with Crippen molar-refractivity contribution in [1.82, 2.24) is 0 Å². The molecule has 0 aromatic heterocycles. The zero-order valence-electron chi connectivity index (χ0n) is 15.3. The molecule has 0 radical (unpaired) electrons. The summed E-state index contributed by atoms with van der Waals surface area (Å²) in [5.41, 5.74) is 5.74. The van der Waals surface area contributed by atoms with E-state index in [1.54, 1.807) is 7.11 Å². The van der Waals surface area contributed by atoms with Gasteiger partial charge in [-0.3, -0.25) is 4.79 Å². The van der Waals surface area contributed by atoms with Crippen LogP contribution in [-0.2, 0) is 20.7 Å². The first-order chi connectivity index (χ1) is 12.0. The molecule has 0 saturated carbocycles. The number of fused-ring (bicyclic) bond motifs is 4. The first kappa shape index (κ1) is 16.6. The smallest absolute Gasteiger partial charge is 0.303 e. The SMILES string of the molecule is COc1ccc2c(c1)CCC1=C2CC[C@]2(C)[C@@H](OC(C)=O)COC[C@H]12. The second-order valence-electron chi connectivity index (χ2n) is 7.72. The lowest BCUT2D eigenvalue weighted by molar-refractivity contribution is -0.177. The van der Waals surface area contributed by atoms with Crippen molar-refractivity contribution in [2.45, 2.75) is 45.6 Å². The highest BCUT2D eigenvalue weighted by Crippen LogP contribution is 2.54. The summed E-state index contributed by atoms with van der Waals surface area (Å²) in [6.45, 7) is 5.02. The number of ether oxygens (including phenoxy) is 3. The number of allylic oxidation sites excluding steroid dienone is 1. The van der Waals surface area contributed by atoms with Gasteiger partial charge in [0.2, 0.25) is 0 Å². The maximum Gasteiger partial charge on any atom is 0.303 e. The van der Waals surface area contributed by atoms with Gasteiger partial charge in [0.05, 0.1) is 20.3 Å². The monoisotopic (exact) mass is 342 g/mol. The number of aryl methyl sites for hydroxylation is 1. The Morgan fingerprint density at radius 3 is 2.84 bits per heavy atom. The predicted octanol–water partition coefficient (Wildman–Crippen LogP) is 3.77. The normalized spacial score (nSPS) is 30.8. The topological polar surface area (TPSA) is 44.8 Å². The van der Waals surface area contributed by atoms with Crippen LogP contribution in [0.3, 0.4) is 0 Å². The van der Waals surface area contributed by atoms with E-state index in [-0.39, 0.29) is 17.5 Å². The number of hydrogen-bond acceptors (Lipinski definition) is 4. The number of methoxy groups -OCH3 is 1. The quantitative estimate of drug-likeness (QED) is 0.768. The molecule has 1 aromatic rings. The fourth-order valence-corrected chi connectivity index (χ4v) is 4.97. The lowest BCUT2D eigenvalue weighted by atomic mass is 9.58. The van der Waals surface area contributed by atoms with Crippen LogP contribution in [0.25, 0.3) is 5.57 Å². The van der Waals surface area contributed by atoms with Crippen LogP contribution in [0, 0.1) is 11.3 Å². The van der Waals surface area contributed by atoms with Crippen LogP contribution >= 0.6 is 0 Å². The lowest BCUT2D eigenvalue weighted by Crippen LogP contribution is -2.52. The van der Waals surface area contributed by atoms with Crippen LogP contribution in [0.2, 0.25) is 0 Å². The van der Waals surface area contributed by atoms with Gasteiger partial charge in [-0.15, -0.1) is 0 Å². The van der Waals surface area contributed by atoms with Crippen molar-refractivity contribution in [3.8, 4) is 5.75 Å². The first-order valence-corrected chi connectivity index (χ1v) is 9.17. The fraction of sp³-hybridized carbons (Fsp3) is 0.571. The molecule has 25 heavy (non-hydrogen) atoms. The second kappa shape index (κ2) is 6.17. The van der Waals surface area contributed by atoms with Gasteiger partial charge in [-0.25, -0.2) is 0 Å². The molecule has 1 fully saturated rings. The van der Waals surface area contributed by atoms with Crippen molar-refractivity contribution >= 4 is 11.5 Å². The van der Waals surface area contributed by atoms with E-state index in [2.05, 4.69) is 25.1 Å². The van der Waals surface area contributed by atoms with E-state index < -0.39 is 0 Å². The van der Waals surface area contributed by atoms with Gasteiger partial charge in [0.1, 0.15) is 11.9 Å². The maximum absolute atomic E-state index is 11.5. The molecule has 4 nitrogen and oxygen atoms in total. The molecule has 3 aliphatic rings. The number of carbonyl (C=O) groups is 1. The third-order valence-electron chi connectivity index (χ3n) is 6.42. The Labute approximate surface area is 149 Å². The van der Waals surface area contributed by atoms with Crippen molar-refractivity contribution in [3.05, 3.63) is 34.9 Å². The number of carbonyl (C=O) groups excluding carboxylic acids is 1. The minimum Gasteiger partial charge on any atom is -0.497 e. The Morgan fingerprint density at radius 1 is 1.24 bits per heavy atom. The molecular formula is C21H26O4. The molecule has 1 aliphatic heterocycles. The molecule has 1 heterocycles. The van der Waals surface area contributed by atoms with Gasteiger partial charge in [-0.2, -0.15) is 0 Å². The zero-order chi connectivity index (χ0) is 17.6. The molecule has 0 bridgehead atoms. The summed E-state index contributed by atoms with van der Waals surface area (Å²) >= 11 is 0. The van der Waals surface area contributed by atoms with Gasteiger partial charge in [0.15, 0.2) is 0 Å². The first-order valence-electron chi connectivity index (χ1n) is 9.17. The average molecular weight is 342 g/mol. The van der Waals surface area contributed by atoms with Gasteiger partial charge in [-0.1, -0.05) is 18.6 Å². The summed E-state index contributed by atoms with van der Waals surface area (Å²) in [5.74, 6) is 1.06.